The monoisotopic (exact) mass is 284 g/mol. The van der Waals surface area contributed by atoms with Gasteiger partial charge in [-0.1, -0.05) is 11.6 Å². The summed E-state index contributed by atoms with van der Waals surface area (Å²) in [7, 11) is 0. The predicted octanol–water partition coefficient (Wildman–Crippen LogP) is 2.62. The standard InChI is InChI=1S/C12H11ClF2N4/c13-9-5-8(10-16-3-4-19(10)17-9)18-6-11(1-2-11)12(14,15)7-18/h3-5H,1-2,6-7H2. The van der Waals surface area contributed by atoms with E-state index >= 15 is 0 Å². The number of alkyl halides is 2. The molecule has 0 bridgehead atoms. The zero-order valence-corrected chi connectivity index (χ0v) is 10.7. The average molecular weight is 285 g/mol. The van der Waals surface area contributed by atoms with Crippen LogP contribution in [0.3, 0.4) is 0 Å². The van der Waals surface area contributed by atoms with Gasteiger partial charge in [0, 0.05) is 25.0 Å². The molecule has 2 aromatic heterocycles. The molecule has 19 heavy (non-hydrogen) atoms. The quantitative estimate of drug-likeness (QED) is 0.807. The van der Waals surface area contributed by atoms with Crippen LogP contribution in [0.5, 0.6) is 0 Å². The Bertz CT molecular complexity index is 659. The zero-order chi connectivity index (χ0) is 13.3. The van der Waals surface area contributed by atoms with Gasteiger partial charge in [-0.15, -0.1) is 0 Å². The van der Waals surface area contributed by atoms with Gasteiger partial charge in [-0.05, 0) is 12.8 Å². The molecule has 2 aromatic rings. The molecule has 0 unspecified atom stereocenters. The van der Waals surface area contributed by atoms with Crippen molar-refractivity contribution in [2.75, 3.05) is 18.0 Å². The molecule has 0 amide bonds. The number of aromatic nitrogens is 3. The van der Waals surface area contributed by atoms with Crippen LogP contribution in [-0.2, 0) is 0 Å². The summed E-state index contributed by atoms with van der Waals surface area (Å²) < 4.78 is 29.6. The van der Waals surface area contributed by atoms with Crippen LogP contribution in [0.4, 0.5) is 14.5 Å². The Kier molecular flexibility index (Phi) is 2.02. The van der Waals surface area contributed by atoms with Crippen LogP contribution >= 0.6 is 11.6 Å². The minimum absolute atomic E-state index is 0.268. The van der Waals surface area contributed by atoms with Crippen molar-refractivity contribution in [1.29, 1.82) is 0 Å². The molecule has 0 N–H and O–H groups in total. The number of rotatable bonds is 1. The molecule has 4 rings (SSSR count). The van der Waals surface area contributed by atoms with Crippen LogP contribution < -0.4 is 4.90 Å². The molecule has 4 nitrogen and oxygen atoms in total. The summed E-state index contributed by atoms with van der Waals surface area (Å²) in [6, 6.07) is 1.61. The van der Waals surface area contributed by atoms with Gasteiger partial charge in [-0.25, -0.2) is 18.3 Å². The van der Waals surface area contributed by atoms with Crippen molar-refractivity contribution in [3.63, 3.8) is 0 Å². The van der Waals surface area contributed by atoms with Gasteiger partial charge >= 0.3 is 0 Å². The lowest BCUT2D eigenvalue weighted by molar-refractivity contribution is -0.0334. The number of fused-ring (bicyclic) bond motifs is 1. The molecule has 3 heterocycles. The summed E-state index contributed by atoms with van der Waals surface area (Å²) in [5, 5.41) is 4.34. The number of imidazole rings is 1. The third-order valence-electron chi connectivity index (χ3n) is 4.16. The first-order chi connectivity index (χ1) is 9.01. The van der Waals surface area contributed by atoms with E-state index in [-0.39, 0.29) is 11.7 Å². The Morgan fingerprint density at radius 3 is 2.74 bits per heavy atom. The smallest absolute Gasteiger partial charge is 0.272 e. The molecule has 100 valence electrons. The predicted molar refractivity (Wildman–Crippen MR) is 66.8 cm³/mol. The van der Waals surface area contributed by atoms with Crippen molar-refractivity contribution in [3.8, 4) is 0 Å². The Morgan fingerprint density at radius 2 is 2.05 bits per heavy atom. The summed E-state index contributed by atoms with van der Waals surface area (Å²) in [6.07, 6.45) is 4.44. The number of halogens is 3. The molecule has 0 aromatic carbocycles. The third kappa shape index (κ3) is 1.49. The van der Waals surface area contributed by atoms with Crippen molar-refractivity contribution >= 4 is 22.9 Å². The Hall–Kier alpha value is -1.43. The summed E-state index contributed by atoms with van der Waals surface area (Å²) in [5.74, 6) is -2.63. The maximum atomic E-state index is 14.0. The molecule has 1 spiro atoms. The van der Waals surface area contributed by atoms with E-state index in [1.807, 2.05) is 0 Å². The fourth-order valence-corrected chi connectivity index (χ4v) is 3.08. The van der Waals surface area contributed by atoms with E-state index in [0.717, 1.165) is 0 Å². The number of nitrogens with zero attached hydrogens (tertiary/aromatic N) is 4. The average Bonchev–Trinajstić information content (AvgIpc) is 2.89. The lowest BCUT2D eigenvalue weighted by Gasteiger charge is -2.18. The molecular weight excluding hydrogens is 274 g/mol. The fraction of sp³-hybridized carbons (Fsp3) is 0.500. The van der Waals surface area contributed by atoms with Gasteiger partial charge in [0.25, 0.3) is 5.92 Å². The summed E-state index contributed by atoms with van der Waals surface area (Å²) in [6.45, 7) is 0.0960. The highest BCUT2D eigenvalue weighted by Crippen LogP contribution is 2.61. The van der Waals surface area contributed by atoms with E-state index in [9.17, 15) is 8.78 Å². The second-order valence-electron chi connectivity index (χ2n) is 5.39. The number of hydrogen-bond donors (Lipinski definition) is 0. The van der Waals surface area contributed by atoms with Crippen LogP contribution in [0.15, 0.2) is 18.5 Å². The second-order valence-corrected chi connectivity index (χ2v) is 5.78. The molecule has 7 heteroatoms. The fourth-order valence-electron chi connectivity index (χ4n) is 2.89. The largest absolute Gasteiger partial charge is 0.362 e. The summed E-state index contributed by atoms with van der Waals surface area (Å²) in [5.41, 5.74) is 0.373. The van der Waals surface area contributed by atoms with Gasteiger partial charge in [0.2, 0.25) is 0 Å². The minimum Gasteiger partial charge on any atom is -0.362 e. The van der Waals surface area contributed by atoms with E-state index < -0.39 is 11.3 Å². The van der Waals surface area contributed by atoms with Gasteiger partial charge in [0.05, 0.1) is 17.6 Å². The van der Waals surface area contributed by atoms with E-state index in [1.54, 1.807) is 23.4 Å². The lowest BCUT2D eigenvalue weighted by atomic mass is 10.0. The Labute approximate surface area is 113 Å². The molecule has 0 radical (unpaired) electrons. The third-order valence-corrected chi connectivity index (χ3v) is 4.35. The summed E-state index contributed by atoms with van der Waals surface area (Å²) in [4.78, 5) is 5.86. The van der Waals surface area contributed by atoms with Crippen LogP contribution in [0, 0.1) is 5.41 Å². The lowest BCUT2D eigenvalue weighted by Crippen LogP contribution is -2.28. The van der Waals surface area contributed by atoms with E-state index in [2.05, 4.69) is 10.1 Å². The van der Waals surface area contributed by atoms with E-state index in [1.165, 1.54) is 4.52 Å². The van der Waals surface area contributed by atoms with Gasteiger partial charge in [-0.2, -0.15) is 5.10 Å². The van der Waals surface area contributed by atoms with Crippen molar-refractivity contribution in [2.24, 2.45) is 5.41 Å². The van der Waals surface area contributed by atoms with Crippen molar-refractivity contribution in [2.45, 2.75) is 18.8 Å². The first-order valence-electron chi connectivity index (χ1n) is 6.14. The molecule has 1 aliphatic carbocycles. The van der Waals surface area contributed by atoms with Gasteiger partial charge in [-0.3, -0.25) is 0 Å². The highest BCUT2D eigenvalue weighted by molar-refractivity contribution is 6.29. The van der Waals surface area contributed by atoms with E-state index in [0.29, 0.717) is 30.7 Å². The molecule has 1 saturated heterocycles. The van der Waals surface area contributed by atoms with E-state index in [4.69, 9.17) is 11.6 Å². The first-order valence-corrected chi connectivity index (χ1v) is 6.51. The normalized spacial score (nSPS) is 23.4. The van der Waals surface area contributed by atoms with Gasteiger partial charge in [0.1, 0.15) is 0 Å². The molecule has 2 aliphatic rings. The van der Waals surface area contributed by atoms with Crippen molar-refractivity contribution < 1.29 is 8.78 Å². The highest BCUT2D eigenvalue weighted by Gasteiger charge is 2.67. The van der Waals surface area contributed by atoms with Crippen LogP contribution in [0.2, 0.25) is 5.15 Å². The first kappa shape index (κ1) is 11.4. The Balaban J connectivity index is 1.81. The molecule has 1 saturated carbocycles. The van der Waals surface area contributed by atoms with Crippen LogP contribution in [0.25, 0.3) is 5.65 Å². The SMILES string of the molecule is FC1(F)CN(c2cc(Cl)nn3ccnc23)CC12CC2. The number of hydrogen-bond acceptors (Lipinski definition) is 3. The molecule has 0 atom stereocenters. The van der Waals surface area contributed by atoms with Crippen molar-refractivity contribution in [3.05, 3.63) is 23.6 Å². The zero-order valence-electron chi connectivity index (χ0n) is 9.98. The molecule has 1 aliphatic heterocycles. The van der Waals surface area contributed by atoms with Crippen molar-refractivity contribution in [1.82, 2.24) is 14.6 Å². The van der Waals surface area contributed by atoms with Crippen LogP contribution in [-0.4, -0.2) is 33.6 Å². The summed E-state index contributed by atoms with van der Waals surface area (Å²) >= 11 is 5.94. The van der Waals surface area contributed by atoms with Crippen LogP contribution in [0.1, 0.15) is 12.8 Å². The van der Waals surface area contributed by atoms with Gasteiger partial charge in [0.15, 0.2) is 10.8 Å². The topological polar surface area (TPSA) is 33.4 Å². The Morgan fingerprint density at radius 1 is 1.26 bits per heavy atom. The second kappa shape index (κ2) is 3.36. The minimum atomic E-state index is -2.63. The van der Waals surface area contributed by atoms with Gasteiger partial charge < -0.3 is 4.90 Å². The molecular formula is C12H11ClF2N4. The number of anilines is 1. The maximum absolute atomic E-state index is 14.0. The molecule has 2 fully saturated rings. The highest BCUT2D eigenvalue weighted by atomic mass is 35.5. The maximum Gasteiger partial charge on any atom is 0.272 e.